The van der Waals surface area contributed by atoms with Crippen LogP contribution in [-0.2, 0) is 4.74 Å². The molecule has 0 amide bonds. The van der Waals surface area contributed by atoms with Gasteiger partial charge in [-0.1, -0.05) is 66.8 Å². The van der Waals surface area contributed by atoms with E-state index in [0.717, 1.165) is 24.2 Å². The molecule has 3 heteroatoms. The largest absolute Gasteiger partial charge is 0.490 e. The summed E-state index contributed by atoms with van der Waals surface area (Å²) in [6.45, 7) is 4.40. The second-order valence-electron chi connectivity index (χ2n) is 7.41. The first-order chi connectivity index (χ1) is 13.6. The molecule has 0 fully saturated rings. The molecule has 148 valence electrons. The highest BCUT2D eigenvalue weighted by Crippen LogP contribution is 2.39. The second kappa shape index (κ2) is 10.3. The summed E-state index contributed by atoms with van der Waals surface area (Å²) in [5.41, 5.74) is 3.64. The number of ether oxygens (including phenoxy) is 2. The number of aliphatic hydroxyl groups excluding tert-OH is 1. The predicted molar refractivity (Wildman–Crippen MR) is 114 cm³/mol. The number of hydrogen-bond acceptors (Lipinski definition) is 3. The second-order valence-corrected chi connectivity index (χ2v) is 7.41. The van der Waals surface area contributed by atoms with Gasteiger partial charge in [-0.05, 0) is 43.9 Å². The molecule has 0 saturated carbocycles. The summed E-state index contributed by atoms with van der Waals surface area (Å²) in [4.78, 5) is 0. The van der Waals surface area contributed by atoms with Crippen LogP contribution in [0.25, 0.3) is 0 Å². The zero-order valence-corrected chi connectivity index (χ0v) is 16.8. The van der Waals surface area contributed by atoms with Crippen molar-refractivity contribution in [3.63, 3.8) is 0 Å². The monoisotopic (exact) mass is 378 g/mol. The maximum Gasteiger partial charge on any atom is 0.123 e. The van der Waals surface area contributed by atoms with Crippen molar-refractivity contribution in [2.75, 3.05) is 13.2 Å². The van der Waals surface area contributed by atoms with Crippen LogP contribution in [0.4, 0.5) is 0 Å². The van der Waals surface area contributed by atoms with Gasteiger partial charge in [-0.2, -0.15) is 0 Å². The quantitative estimate of drug-likeness (QED) is 0.647. The Hall–Kier alpha value is -2.36. The van der Waals surface area contributed by atoms with Gasteiger partial charge in [-0.25, -0.2) is 0 Å². The number of aliphatic hydroxyl groups is 1. The van der Waals surface area contributed by atoms with Crippen molar-refractivity contribution in [2.24, 2.45) is 0 Å². The van der Waals surface area contributed by atoms with Crippen molar-refractivity contribution in [1.82, 2.24) is 0 Å². The van der Waals surface area contributed by atoms with Gasteiger partial charge in [-0.15, -0.1) is 0 Å². The van der Waals surface area contributed by atoms with E-state index in [1.165, 1.54) is 11.1 Å². The molecule has 2 aromatic carbocycles. The molecular weight excluding hydrogens is 348 g/mol. The third-order valence-corrected chi connectivity index (χ3v) is 4.77. The Balaban J connectivity index is 1.85. The maximum absolute atomic E-state index is 10.2. The fraction of sp³-hybridized carbons (Fsp3) is 0.360. The van der Waals surface area contributed by atoms with Gasteiger partial charge in [0.15, 0.2) is 0 Å². The van der Waals surface area contributed by atoms with E-state index in [1.807, 2.05) is 38.1 Å². The van der Waals surface area contributed by atoms with Crippen LogP contribution in [0.15, 0.2) is 78.4 Å². The van der Waals surface area contributed by atoms with Crippen molar-refractivity contribution in [2.45, 2.75) is 44.8 Å². The van der Waals surface area contributed by atoms with Crippen molar-refractivity contribution in [3.8, 4) is 5.75 Å². The van der Waals surface area contributed by atoms with Crippen LogP contribution in [0.1, 0.15) is 43.7 Å². The van der Waals surface area contributed by atoms with Crippen LogP contribution < -0.4 is 4.74 Å². The van der Waals surface area contributed by atoms with Crippen LogP contribution >= 0.6 is 0 Å². The van der Waals surface area contributed by atoms with E-state index in [2.05, 4.69) is 48.6 Å². The van der Waals surface area contributed by atoms with Crippen LogP contribution in [0.2, 0.25) is 0 Å². The average Bonchev–Trinajstić information content (AvgIpc) is 2.73. The van der Waals surface area contributed by atoms with E-state index in [4.69, 9.17) is 9.47 Å². The van der Waals surface area contributed by atoms with Gasteiger partial charge in [-0.3, -0.25) is 0 Å². The molecule has 0 spiro atoms. The maximum atomic E-state index is 10.2. The van der Waals surface area contributed by atoms with Crippen LogP contribution in [0, 0.1) is 0 Å². The standard InChI is InChI=1S/C25H30O3/c1-19(2)27-17-22(26)18-28-24-16-10-9-15-23(24)25(20-11-5-3-6-12-20)21-13-7-4-8-14-21/h3,5-7,9-16,19,22,25-26H,4,8,17-18H2,1-2H3. The Morgan fingerprint density at radius 1 is 0.929 bits per heavy atom. The minimum Gasteiger partial charge on any atom is -0.490 e. The van der Waals surface area contributed by atoms with Crippen molar-refractivity contribution in [1.29, 1.82) is 0 Å². The molecule has 0 aromatic heterocycles. The number of para-hydroxylation sites is 1. The Kier molecular flexibility index (Phi) is 7.46. The molecule has 2 atom stereocenters. The summed E-state index contributed by atoms with van der Waals surface area (Å²) in [5.74, 6) is 0.915. The zero-order chi connectivity index (χ0) is 19.8. The topological polar surface area (TPSA) is 38.7 Å². The van der Waals surface area contributed by atoms with E-state index in [0.29, 0.717) is 0 Å². The lowest BCUT2D eigenvalue weighted by atomic mass is 9.82. The van der Waals surface area contributed by atoms with Gasteiger partial charge in [0.2, 0.25) is 0 Å². The van der Waals surface area contributed by atoms with Gasteiger partial charge in [0.1, 0.15) is 18.5 Å². The molecular formula is C25H30O3. The zero-order valence-electron chi connectivity index (χ0n) is 16.8. The Labute approximate surface area is 168 Å². The van der Waals surface area contributed by atoms with Crippen LogP contribution in [-0.4, -0.2) is 30.5 Å². The van der Waals surface area contributed by atoms with Crippen LogP contribution in [0.3, 0.4) is 0 Å². The highest BCUT2D eigenvalue weighted by molar-refractivity contribution is 5.51. The normalized spacial score (nSPS) is 15.9. The van der Waals surface area contributed by atoms with Gasteiger partial charge in [0.25, 0.3) is 0 Å². The summed E-state index contributed by atoms with van der Waals surface area (Å²) < 4.78 is 11.5. The molecule has 0 heterocycles. The molecule has 2 unspecified atom stereocenters. The smallest absolute Gasteiger partial charge is 0.123 e. The molecule has 0 saturated heterocycles. The van der Waals surface area contributed by atoms with Gasteiger partial charge < -0.3 is 14.6 Å². The summed E-state index contributed by atoms with van der Waals surface area (Å²) in [7, 11) is 0. The fourth-order valence-corrected chi connectivity index (χ4v) is 3.43. The summed E-state index contributed by atoms with van der Waals surface area (Å²) in [5, 5.41) is 10.2. The van der Waals surface area contributed by atoms with E-state index < -0.39 is 6.10 Å². The Morgan fingerprint density at radius 2 is 1.68 bits per heavy atom. The molecule has 1 aliphatic carbocycles. The highest BCUT2D eigenvalue weighted by atomic mass is 16.5. The lowest BCUT2D eigenvalue weighted by molar-refractivity contribution is -0.0124. The first-order valence-corrected chi connectivity index (χ1v) is 10.1. The fourth-order valence-electron chi connectivity index (χ4n) is 3.43. The first kappa shape index (κ1) is 20.4. The lowest BCUT2D eigenvalue weighted by Gasteiger charge is -2.24. The third-order valence-electron chi connectivity index (χ3n) is 4.77. The van der Waals surface area contributed by atoms with Gasteiger partial charge in [0, 0.05) is 11.5 Å². The van der Waals surface area contributed by atoms with E-state index in [-0.39, 0.29) is 25.2 Å². The van der Waals surface area contributed by atoms with E-state index in [9.17, 15) is 5.11 Å². The number of benzene rings is 2. The van der Waals surface area contributed by atoms with Crippen LogP contribution in [0.5, 0.6) is 5.75 Å². The van der Waals surface area contributed by atoms with Crippen molar-refractivity contribution >= 4 is 0 Å². The predicted octanol–water partition coefficient (Wildman–Crippen LogP) is 5.26. The molecule has 0 aliphatic heterocycles. The third kappa shape index (κ3) is 5.57. The van der Waals surface area contributed by atoms with Gasteiger partial charge in [0.05, 0.1) is 12.7 Å². The Morgan fingerprint density at radius 3 is 2.39 bits per heavy atom. The molecule has 0 radical (unpaired) electrons. The minimum atomic E-state index is -0.653. The number of allylic oxidation sites excluding steroid dienone is 4. The van der Waals surface area contributed by atoms with Crippen molar-refractivity contribution in [3.05, 3.63) is 89.5 Å². The molecule has 1 aliphatic rings. The SMILES string of the molecule is CC(C)OCC(O)COc1ccccc1C(C1=CCCC=C1)c1ccccc1. The van der Waals surface area contributed by atoms with Gasteiger partial charge >= 0.3 is 0 Å². The molecule has 1 N–H and O–H groups in total. The summed E-state index contributed by atoms with van der Waals surface area (Å²) in [6, 6.07) is 18.6. The minimum absolute atomic E-state index is 0.0921. The van der Waals surface area contributed by atoms with E-state index >= 15 is 0 Å². The summed E-state index contributed by atoms with van der Waals surface area (Å²) >= 11 is 0. The highest BCUT2D eigenvalue weighted by Gasteiger charge is 2.22. The first-order valence-electron chi connectivity index (χ1n) is 10.1. The lowest BCUT2D eigenvalue weighted by Crippen LogP contribution is -2.25. The molecule has 3 rings (SSSR count). The molecule has 2 aromatic rings. The Bertz CT molecular complexity index is 792. The average molecular weight is 379 g/mol. The molecule has 3 nitrogen and oxygen atoms in total. The van der Waals surface area contributed by atoms with Crippen molar-refractivity contribution < 1.29 is 14.6 Å². The molecule has 28 heavy (non-hydrogen) atoms. The van der Waals surface area contributed by atoms with E-state index in [1.54, 1.807) is 0 Å². The summed E-state index contributed by atoms with van der Waals surface area (Å²) in [6.07, 6.45) is 8.37. The number of hydrogen-bond donors (Lipinski definition) is 1. The number of rotatable bonds is 9. The molecule has 0 bridgehead atoms.